The number of aromatic nitrogens is 1. The van der Waals surface area contributed by atoms with Gasteiger partial charge in [0, 0.05) is 37.3 Å². The Morgan fingerprint density at radius 1 is 1.17 bits per heavy atom. The van der Waals surface area contributed by atoms with Gasteiger partial charge in [0.1, 0.15) is 23.3 Å². The summed E-state index contributed by atoms with van der Waals surface area (Å²) in [5.74, 6) is -0.731. The number of likely N-dealkylation sites (tertiary alicyclic amines) is 1. The van der Waals surface area contributed by atoms with E-state index in [1.165, 1.54) is 41.4 Å². The highest BCUT2D eigenvalue weighted by molar-refractivity contribution is 6.30. The van der Waals surface area contributed by atoms with Crippen molar-refractivity contribution < 1.29 is 18.7 Å². The molecule has 0 N–H and O–H groups in total. The molecule has 1 fully saturated rings. The Balaban J connectivity index is 1.63. The lowest BCUT2D eigenvalue weighted by molar-refractivity contribution is 0.0736. The number of ether oxygens (including phenoxy) is 1. The highest BCUT2D eigenvalue weighted by Gasteiger charge is 2.50. The summed E-state index contributed by atoms with van der Waals surface area (Å²) >= 11 is 6.08. The molecule has 0 saturated carbocycles. The van der Waals surface area contributed by atoms with Crippen molar-refractivity contribution in [2.45, 2.75) is 18.4 Å². The van der Waals surface area contributed by atoms with Crippen LogP contribution in [0.2, 0.25) is 5.02 Å². The van der Waals surface area contributed by atoms with E-state index >= 15 is 0 Å². The molecule has 35 heavy (non-hydrogen) atoms. The Kier molecular flexibility index (Phi) is 6.72. The number of rotatable bonds is 4. The number of carbonyl (C=O) groups is 2. The third-order valence-corrected chi connectivity index (χ3v) is 6.66. The van der Waals surface area contributed by atoms with E-state index in [0.29, 0.717) is 17.1 Å². The van der Waals surface area contributed by atoms with Crippen LogP contribution >= 0.6 is 11.6 Å². The molecule has 1 aliphatic rings. The quantitative estimate of drug-likeness (QED) is 0.518. The lowest BCUT2D eigenvalue weighted by Crippen LogP contribution is -2.53. The molecule has 2 amide bonds. The number of nitriles is 1. The third kappa shape index (κ3) is 4.96. The fourth-order valence-electron chi connectivity index (χ4n) is 4.28. The average Bonchev–Trinajstić information content (AvgIpc) is 3.23. The maximum Gasteiger partial charge on any atom is 0.415 e. The summed E-state index contributed by atoms with van der Waals surface area (Å²) < 4.78 is 18.7. The molecule has 2 heterocycles. The second-order valence-electron chi connectivity index (χ2n) is 8.57. The van der Waals surface area contributed by atoms with Gasteiger partial charge in [-0.15, -0.1) is 0 Å². The van der Waals surface area contributed by atoms with Crippen LogP contribution in [0.1, 0.15) is 34.5 Å². The molecular weight excluding hydrogens is 471 g/mol. The van der Waals surface area contributed by atoms with Gasteiger partial charge in [0.25, 0.3) is 5.91 Å². The number of benzene rings is 2. The van der Waals surface area contributed by atoms with Crippen molar-refractivity contribution in [3.8, 4) is 11.8 Å². The van der Waals surface area contributed by atoms with Crippen molar-refractivity contribution in [3.05, 3.63) is 94.5 Å². The van der Waals surface area contributed by atoms with Crippen molar-refractivity contribution in [3.63, 3.8) is 0 Å². The summed E-state index contributed by atoms with van der Waals surface area (Å²) in [6.07, 6.45) is 0.743. The van der Waals surface area contributed by atoms with Crippen LogP contribution in [-0.4, -0.2) is 52.5 Å². The minimum atomic E-state index is -0.833. The van der Waals surface area contributed by atoms with Gasteiger partial charge >= 0.3 is 6.09 Å². The zero-order chi connectivity index (χ0) is 25.2. The second-order valence-corrected chi connectivity index (χ2v) is 9.01. The molecular formula is C26H22ClFN4O3. The number of hydrogen-bond donors (Lipinski definition) is 0. The topological polar surface area (TPSA) is 86.5 Å². The first-order valence-corrected chi connectivity index (χ1v) is 11.2. The van der Waals surface area contributed by atoms with Crippen LogP contribution in [0.5, 0.6) is 5.75 Å². The summed E-state index contributed by atoms with van der Waals surface area (Å²) in [6.45, 7) is 2.46. The number of likely N-dealkylation sites (N-methyl/N-ethyl adjacent to an activating group) is 1. The van der Waals surface area contributed by atoms with Gasteiger partial charge in [-0.05, 0) is 61.0 Å². The van der Waals surface area contributed by atoms with Gasteiger partial charge < -0.3 is 14.5 Å². The number of pyridine rings is 1. The molecule has 9 heteroatoms. The molecule has 4 rings (SSSR count). The Labute approximate surface area is 207 Å². The van der Waals surface area contributed by atoms with Crippen LogP contribution in [0.3, 0.4) is 0 Å². The van der Waals surface area contributed by atoms with Crippen LogP contribution in [0, 0.1) is 17.1 Å². The lowest BCUT2D eigenvalue weighted by atomic mass is 9.82. The van der Waals surface area contributed by atoms with Crippen LogP contribution in [0.25, 0.3) is 0 Å². The molecule has 0 unspecified atom stereocenters. The first-order valence-electron chi connectivity index (χ1n) is 10.8. The molecule has 7 nitrogen and oxygen atoms in total. The number of nitrogens with zero attached hydrogens (tertiary/aromatic N) is 4. The minimum absolute atomic E-state index is 0.212. The summed E-state index contributed by atoms with van der Waals surface area (Å²) in [6, 6.07) is 17.5. The fraction of sp³-hybridized carbons (Fsp3) is 0.231. The zero-order valence-electron chi connectivity index (χ0n) is 19.1. The highest BCUT2D eigenvalue weighted by Crippen LogP contribution is 2.41. The Bertz CT molecular complexity index is 1280. The van der Waals surface area contributed by atoms with Crippen LogP contribution in [0.15, 0.2) is 66.9 Å². The van der Waals surface area contributed by atoms with Gasteiger partial charge in [-0.25, -0.2) is 14.2 Å². The van der Waals surface area contributed by atoms with Crippen LogP contribution < -0.4 is 4.74 Å². The number of carbonyl (C=O) groups excluding carboxylic acids is 2. The maximum absolute atomic E-state index is 13.3. The van der Waals surface area contributed by atoms with Crippen molar-refractivity contribution in [2.75, 3.05) is 20.1 Å². The average molecular weight is 493 g/mol. The van der Waals surface area contributed by atoms with Crippen molar-refractivity contribution in [2.24, 2.45) is 0 Å². The largest absolute Gasteiger partial charge is 0.415 e. The van der Waals surface area contributed by atoms with E-state index in [4.69, 9.17) is 21.6 Å². The van der Waals surface area contributed by atoms with Crippen molar-refractivity contribution in [1.29, 1.82) is 5.26 Å². The van der Waals surface area contributed by atoms with Crippen LogP contribution in [-0.2, 0) is 0 Å². The normalized spacial score (nSPS) is 19.2. The van der Waals surface area contributed by atoms with E-state index in [2.05, 4.69) is 4.98 Å². The van der Waals surface area contributed by atoms with E-state index in [9.17, 15) is 14.0 Å². The molecule has 0 bridgehead atoms. The van der Waals surface area contributed by atoms with E-state index in [1.54, 1.807) is 30.1 Å². The molecule has 178 valence electrons. The number of halogens is 2. The SMILES string of the molecule is CN(C(=O)Oc1ccc(F)cc1)[C@@]1(C)CN(C(=O)c2ccc(C#N)nc2)C[C@@H]1c1ccc(Cl)cc1. The minimum Gasteiger partial charge on any atom is -0.410 e. The van der Waals surface area contributed by atoms with E-state index in [1.807, 2.05) is 25.1 Å². The van der Waals surface area contributed by atoms with E-state index in [0.717, 1.165) is 5.56 Å². The van der Waals surface area contributed by atoms with Gasteiger partial charge in [-0.1, -0.05) is 23.7 Å². The summed E-state index contributed by atoms with van der Waals surface area (Å²) in [5, 5.41) is 9.55. The molecule has 0 spiro atoms. The van der Waals surface area contributed by atoms with Gasteiger partial charge in [-0.3, -0.25) is 4.79 Å². The van der Waals surface area contributed by atoms with Gasteiger partial charge in [0.15, 0.2) is 0 Å². The second kappa shape index (κ2) is 9.72. The molecule has 2 aromatic carbocycles. The Hall–Kier alpha value is -3.96. The monoisotopic (exact) mass is 492 g/mol. The first kappa shape index (κ1) is 24.2. The van der Waals surface area contributed by atoms with Crippen LogP contribution in [0.4, 0.5) is 9.18 Å². The fourth-order valence-corrected chi connectivity index (χ4v) is 4.41. The Morgan fingerprint density at radius 3 is 2.46 bits per heavy atom. The number of hydrogen-bond acceptors (Lipinski definition) is 5. The molecule has 1 aromatic heterocycles. The summed E-state index contributed by atoms with van der Waals surface area (Å²) in [4.78, 5) is 33.5. The standard InChI is InChI=1S/C26H22ClFN4O3/c1-26(31(2)25(34)35-22-11-8-20(28)9-12-22)16-32(15-23(26)17-3-6-19(27)7-4-17)24(33)18-5-10-21(13-29)30-14-18/h3-12,14,23H,15-16H2,1-2H3/t23-,26+/m1/s1. The van der Waals surface area contributed by atoms with Gasteiger partial charge in [0.2, 0.25) is 0 Å². The first-order chi connectivity index (χ1) is 16.7. The molecule has 2 atom stereocenters. The summed E-state index contributed by atoms with van der Waals surface area (Å²) in [7, 11) is 1.62. The molecule has 1 saturated heterocycles. The molecule has 0 radical (unpaired) electrons. The lowest BCUT2D eigenvalue weighted by Gasteiger charge is -2.39. The third-order valence-electron chi connectivity index (χ3n) is 6.41. The van der Waals surface area contributed by atoms with Gasteiger partial charge in [-0.2, -0.15) is 5.26 Å². The van der Waals surface area contributed by atoms with Crippen molar-refractivity contribution >= 4 is 23.6 Å². The smallest absolute Gasteiger partial charge is 0.410 e. The Morgan fingerprint density at radius 2 is 1.86 bits per heavy atom. The predicted molar refractivity (Wildman–Crippen MR) is 128 cm³/mol. The number of amides is 2. The van der Waals surface area contributed by atoms with Crippen molar-refractivity contribution in [1.82, 2.24) is 14.8 Å². The molecule has 3 aromatic rings. The molecule has 0 aliphatic carbocycles. The molecule has 1 aliphatic heterocycles. The van der Waals surface area contributed by atoms with E-state index in [-0.39, 0.29) is 29.8 Å². The van der Waals surface area contributed by atoms with E-state index < -0.39 is 17.4 Å². The maximum atomic E-state index is 13.3. The summed E-state index contributed by atoms with van der Waals surface area (Å²) in [5.41, 5.74) is 0.641. The highest BCUT2D eigenvalue weighted by atomic mass is 35.5. The predicted octanol–water partition coefficient (Wildman–Crippen LogP) is 4.87. The van der Waals surface area contributed by atoms with Gasteiger partial charge in [0.05, 0.1) is 11.1 Å². The zero-order valence-corrected chi connectivity index (χ0v) is 19.9.